The predicted octanol–water partition coefficient (Wildman–Crippen LogP) is 14.0. The Labute approximate surface area is 342 Å². The average Bonchev–Trinajstić information content (AvgIpc) is 3.88. The Hall–Kier alpha value is -8.02. The van der Waals surface area contributed by atoms with Crippen molar-refractivity contribution < 1.29 is 0 Å². The minimum Gasteiger partial charge on any atom is -0.317 e. The molecule has 11 rings (SSSR count). The van der Waals surface area contributed by atoms with Crippen molar-refractivity contribution in [2.75, 3.05) is 4.90 Å². The number of hydrogen-bond acceptors (Lipinski definition) is 3. The van der Waals surface area contributed by atoms with Gasteiger partial charge in [-0.2, -0.15) is 0 Å². The summed E-state index contributed by atoms with van der Waals surface area (Å²) in [5.74, 6) is 0. The summed E-state index contributed by atoms with van der Waals surface area (Å²) in [5, 5.41) is 3.65. The molecule has 0 spiro atoms. The Balaban J connectivity index is 1.01. The van der Waals surface area contributed by atoms with E-state index in [-0.39, 0.29) is 0 Å². The summed E-state index contributed by atoms with van der Waals surface area (Å²) in [4.78, 5) is 10.7. The highest BCUT2D eigenvalue weighted by Gasteiger charge is 2.18. The highest BCUT2D eigenvalue weighted by Crippen LogP contribution is 2.40. The molecule has 0 N–H and O–H groups in total. The number of anilines is 3. The first kappa shape index (κ1) is 34.2. The number of rotatable bonds is 8. The number of benzene rings is 7. The summed E-state index contributed by atoms with van der Waals surface area (Å²) in [7, 11) is 0. The van der Waals surface area contributed by atoms with Gasteiger partial charge < -0.3 is 14.0 Å². The van der Waals surface area contributed by atoms with Gasteiger partial charge in [0.05, 0.1) is 16.6 Å². The minimum atomic E-state index is 1.08. The second-order valence-corrected chi connectivity index (χ2v) is 14.8. The van der Waals surface area contributed by atoms with Crippen LogP contribution in [0, 0.1) is 0 Å². The molecule has 0 fully saturated rings. The Morgan fingerprint density at radius 1 is 0.339 bits per heavy atom. The Kier molecular flexibility index (Phi) is 8.41. The van der Waals surface area contributed by atoms with E-state index in [0.717, 1.165) is 56.3 Å². The Morgan fingerprint density at radius 3 is 1.34 bits per heavy atom. The van der Waals surface area contributed by atoms with Crippen LogP contribution in [-0.2, 0) is 0 Å². The summed E-state index contributed by atoms with van der Waals surface area (Å²) in [6.07, 6.45) is 9.52. The SMILES string of the molecule is c1ccc(-n2ccc3cc4c(cc32)c2cc(-c3ccc(N(c5ccc(-c6ccncc6)cc5)c5ccc(-c6ccncc6)cc5)cc3)ccc2n4-c2ccccc2)cc1. The molecule has 5 nitrogen and oxygen atoms in total. The molecule has 0 aliphatic heterocycles. The molecule has 0 unspecified atom stereocenters. The third-order valence-corrected chi connectivity index (χ3v) is 11.4. The number of pyridine rings is 2. The van der Waals surface area contributed by atoms with Gasteiger partial charge in [0.2, 0.25) is 0 Å². The van der Waals surface area contributed by atoms with Crippen LogP contribution in [0.2, 0.25) is 0 Å². The number of hydrogen-bond donors (Lipinski definition) is 0. The van der Waals surface area contributed by atoms with Crippen LogP contribution in [0.3, 0.4) is 0 Å². The van der Waals surface area contributed by atoms with Gasteiger partial charge in [-0.25, -0.2) is 0 Å². The van der Waals surface area contributed by atoms with E-state index in [9.17, 15) is 0 Å². The highest BCUT2D eigenvalue weighted by molar-refractivity contribution is 6.14. The lowest BCUT2D eigenvalue weighted by molar-refractivity contribution is 1.13. The first-order valence-electron chi connectivity index (χ1n) is 19.9. The average molecular weight is 756 g/mol. The molecule has 4 aromatic heterocycles. The van der Waals surface area contributed by atoms with Gasteiger partial charge in [0, 0.05) is 75.6 Å². The lowest BCUT2D eigenvalue weighted by Crippen LogP contribution is -2.09. The predicted molar refractivity (Wildman–Crippen MR) is 244 cm³/mol. The monoisotopic (exact) mass is 755 g/mol. The summed E-state index contributed by atoms with van der Waals surface area (Å²) in [5.41, 5.74) is 16.0. The molecule has 0 radical (unpaired) electrons. The molecule has 59 heavy (non-hydrogen) atoms. The Morgan fingerprint density at radius 2 is 0.797 bits per heavy atom. The maximum atomic E-state index is 4.20. The van der Waals surface area contributed by atoms with Crippen molar-refractivity contribution in [2.24, 2.45) is 0 Å². The lowest BCUT2D eigenvalue weighted by Gasteiger charge is -2.26. The van der Waals surface area contributed by atoms with Crippen molar-refractivity contribution in [3.63, 3.8) is 0 Å². The van der Waals surface area contributed by atoms with E-state index in [1.807, 2.05) is 49.1 Å². The number of aromatic nitrogens is 4. The molecular formula is C54H37N5. The van der Waals surface area contributed by atoms with Crippen LogP contribution < -0.4 is 4.90 Å². The second-order valence-electron chi connectivity index (χ2n) is 14.8. The third kappa shape index (κ3) is 6.22. The van der Waals surface area contributed by atoms with Crippen LogP contribution in [0.5, 0.6) is 0 Å². The lowest BCUT2D eigenvalue weighted by atomic mass is 10.0. The van der Waals surface area contributed by atoms with E-state index in [4.69, 9.17) is 0 Å². The summed E-state index contributed by atoms with van der Waals surface area (Å²) in [6, 6.07) is 69.7. The number of fused-ring (bicyclic) bond motifs is 4. The third-order valence-electron chi connectivity index (χ3n) is 11.4. The molecule has 11 aromatic rings. The quantitative estimate of drug-likeness (QED) is 0.155. The maximum absolute atomic E-state index is 4.20. The largest absolute Gasteiger partial charge is 0.317 e. The molecule has 5 heteroatoms. The molecule has 4 heterocycles. The number of para-hydroxylation sites is 2. The standard InChI is InChI=1S/C54H37N5/c1-3-7-45(8-4-1)57-34-29-44-36-54-51(37-53(44)57)50-35-43(17-24-52(50)59(54)46-9-5-2-6-10-46)40-15-22-49(23-16-40)58(47-18-11-38(12-19-47)41-25-30-55-31-26-41)48-20-13-39(14-21-48)42-27-32-56-33-28-42/h1-37H. The normalized spacial score (nSPS) is 11.4. The first-order valence-corrected chi connectivity index (χ1v) is 19.9. The van der Waals surface area contributed by atoms with Gasteiger partial charge in [-0.15, -0.1) is 0 Å². The van der Waals surface area contributed by atoms with Crippen LogP contribution in [0.25, 0.3) is 77.5 Å². The van der Waals surface area contributed by atoms with Crippen LogP contribution in [-0.4, -0.2) is 19.1 Å². The van der Waals surface area contributed by atoms with Crippen LogP contribution >= 0.6 is 0 Å². The summed E-state index contributed by atoms with van der Waals surface area (Å²) < 4.78 is 4.68. The summed E-state index contributed by atoms with van der Waals surface area (Å²) in [6.45, 7) is 0. The molecule has 0 saturated carbocycles. The van der Waals surface area contributed by atoms with Crippen molar-refractivity contribution in [1.82, 2.24) is 19.1 Å². The van der Waals surface area contributed by atoms with Gasteiger partial charge in [0.25, 0.3) is 0 Å². The minimum absolute atomic E-state index is 1.08. The van der Waals surface area contributed by atoms with Gasteiger partial charge in [0.1, 0.15) is 0 Å². The molecule has 7 aromatic carbocycles. The van der Waals surface area contributed by atoms with Gasteiger partial charge in [-0.1, -0.05) is 78.9 Å². The summed E-state index contributed by atoms with van der Waals surface area (Å²) >= 11 is 0. The van der Waals surface area contributed by atoms with Crippen LogP contribution in [0.15, 0.2) is 225 Å². The second kappa shape index (κ2) is 14.5. The van der Waals surface area contributed by atoms with Crippen LogP contribution in [0.1, 0.15) is 0 Å². The van der Waals surface area contributed by atoms with Gasteiger partial charge in [-0.05, 0) is 149 Å². The molecule has 0 amide bonds. The van der Waals surface area contributed by atoms with Crippen LogP contribution in [0.4, 0.5) is 17.1 Å². The van der Waals surface area contributed by atoms with E-state index in [0.29, 0.717) is 0 Å². The zero-order valence-electron chi connectivity index (χ0n) is 32.1. The molecule has 278 valence electrons. The molecule has 0 bridgehead atoms. The molecule has 0 saturated heterocycles. The first-order chi connectivity index (χ1) is 29.2. The van der Waals surface area contributed by atoms with Crippen molar-refractivity contribution in [3.05, 3.63) is 225 Å². The van der Waals surface area contributed by atoms with Gasteiger partial charge >= 0.3 is 0 Å². The van der Waals surface area contributed by atoms with Crippen molar-refractivity contribution in [1.29, 1.82) is 0 Å². The van der Waals surface area contributed by atoms with E-state index >= 15 is 0 Å². The molecular weight excluding hydrogens is 719 g/mol. The fourth-order valence-electron chi connectivity index (χ4n) is 8.44. The van der Waals surface area contributed by atoms with E-state index in [2.05, 4.69) is 200 Å². The Bertz CT molecular complexity index is 3130. The fraction of sp³-hybridized carbons (Fsp3) is 0. The fourth-order valence-corrected chi connectivity index (χ4v) is 8.44. The number of nitrogens with zero attached hydrogens (tertiary/aromatic N) is 5. The van der Waals surface area contributed by atoms with Gasteiger partial charge in [-0.3, -0.25) is 9.97 Å². The zero-order chi connectivity index (χ0) is 39.1. The van der Waals surface area contributed by atoms with E-state index in [1.165, 1.54) is 38.3 Å². The molecule has 0 aliphatic rings. The van der Waals surface area contributed by atoms with E-state index < -0.39 is 0 Å². The molecule has 0 atom stereocenters. The maximum Gasteiger partial charge on any atom is 0.0548 e. The van der Waals surface area contributed by atoms with Crippen molar-refractivity contribution in [2.45, 2.75) is 0 Å². The molecule has 0 aliphatic carbocycles. The van der Waals surface area contributed by atoms with Gasteiger partial charge in [0.15, 0.2) is 0 Å². The van der Waals surface area contributed by atoms with E-state index in [1.54, 1.807) is 0 Å². The van der Waals surface area contributed by atoms with Crippen molar-refractivity contribution in [3.8, 4) is 44.8 Å². The zero-order valence-corrected chi connectivity index (χ0v) is 32.1. The highest BCUT2D eigenvalue weighted by atomic mass is 15.1. The topological polar surface area (TPSA) is 38.9 Å². The smallest absolute Gasteiger partial charge is 0.0548 e. The van der Waals surface area contributed by atoms with Crippen molar-refractivity contribution >= 4 is 49.8 Å².